The normalized spacial score (nSPS) is 12.9. The van der Waals surface area contributed by atoms with Crippen LogP contribution in [0.15, 0.2) is 79.1 Å². The summed E-state index contributed by atoms with van der Waals surface area (Å²) in [4.78, 5) is 48.7. The summed E-state index contributed by atoms with van der Waals surface area (Å²) in [5.74, 6) is -0.168. The van der Waals surface area contributed by atoms with Crippen LogP contribution in [0.25, 0.3) is 11.4 Å². The smallest absolute Gasteiger partial charge is 0.304 e. The minimum atomic E-state index is -0.841. The van der Waals surface area contributed by atoms with Crippen LogP contribution in [-0.2, 0) is 17.2 Å². The lowest BCUT2D eigenvalue weighted by Gasteiger charge is -2.29. The van der Waals surface area contributed by atoms with Crippen LogP contribution in [0.5, 0.6) is 0 Å². The lowest BCUT2D eigenvalue weighted by Crippen LogP contribution is -2.29. The van der Waals surface area contributed by atoms with Gasteiger partial charge in [-0.2, -0.15) is 11.8 Å². The van der Waals surface area contributed by atoms with E-state index in [1.807, 2.05) is 12.1 Å². The van der Waals surface area contributed by atoms with E-state index in [1.54, 1.807) is 54.6 Å². The van der Waals surface area contributed by atoms with E-state index >= 15 is 0 Å². The molecule has 0 radical (unpaired) electrons. The number of rotatable bonds is 12. The number of anilines is 3. The van der Waals surface area contributed by atoms with E-state index < -0.39 is 18.6 Å². The monoisotopic (exact) mass is 627 g/mol. The van der Waals surface area contributed by atoms with Gasteiger partial charge in [0.15, 0.2) is 5.82 Å². The number of hydrogen-bond acceptors (Lipinski definition) is 7. The summed E-state index contributed by atoms with van der Waals surface area (Å²) in [5.41, 5.74) is 4.46. The van der Waals surface area contributed by atoms with Gasteiger partial charge < -0.3 is 20.6 Å². The van der Waals surface area contributed by atoms with Crippen LogP contribution in [0.3, 0.4) is 0 Å². The summed E-state index contributed by atoms with van der Waals surface area (Å²) in [6.07, 6.45) is 6.38. The van der Waals surface area contributed by atoms with E-state index in [-0.39, 0.29) is 12.3 Å². The molecule has 0 bridgehead atoms. The van der Waals surface area contributed by atoms with E-state index in [0.29, 0.717) is 51.0 Å². The largest absolute Gasteiger partial charge is 0.481 e. The van der Waals surface area contributed by atoms with Crippen LogP contribution in [0.4, 0.5) is 21.5 Å². The number of carboxylic acids is 1. The standard InChI is InChI=1S/C34H34FN5O4S/c35-19-23-6-4-8-25(16-23)32-36-20-27(21-37-32)38-34(44)29-18-28(40-13-2-1-3-14-40)10-11-30(29)39-33(43)26-9-5-7-24(17-26)22-45-15-12-31(41)42/h4-11,16-18,20-21H,1-3,12-15,19,22H2,(H,38,44)(H,39,43)(H,41,42). The van der Waals surface area contributed by atoms with Gasteiger partial charge in [0.2, 0.25) is 0 Å². The van der Waals surface area contributed by atoms with Crippen LogP contribution in [0.2, 0.25) is 0 Å². The van der Waals surface area contributed by atoms with Crippen molar-refractivity contribution in [1.82, 2.24) is 9.97 Å². The summed E-state index contributed by atoms with van der Waals surface area (Å²) >= 11 is 1.49. The van der Waals surface area contributed by atoms with Crippen molar-refractivity contribution >= 4 is 46.6 Å². The van der Waals surface area contributed by atoms with Crippen molar-refractivity contribution in [3.63, 3.8) is 0 Å². The first-order valence-corrected chi connectivity index (χ1v) is 15.9. The van der Waals surface area contributed by atoms with Crippen molar-refractivity contribution in [2.75, 3.05) is 34.4 Å². The van der Waals surface area contributed by atoms with Gasteiger partial charge in [0, 0.05) is 41.4 Å². The number of piperidine rings is 1. The molecule has 1 aliphatic heterocycles. The van der Waals surface area contributed by atoms with E-state index in [1.165, 1.54) is 30.6 Å². The number of carbonyl (C=O) groups is 3. The molecule has 1 fully saturated rings. The number of carboxylic acid groups (broad SMARTS) is 1. The minimum Gasteiger partial charge on any atom is -0.481 e. The van der Waals surface area contributed by atoms with Gasteiger partial charge in [-0.1, -0.05) is 30.3 Å². The maximum Gasteiger partial charge on any atom is 0.304 e. The number of aromatic nitrogens is 2. The van der Waals surface area contributed by atoms with E-state index in [4.69, 9.17) is 5.11 Å². The third-order valence-corrected chi connectivity index (χ3v) is 8.41. The summed E-state index contributed by atoms with van der Waals surface area (Å²) in [6.45, 7) is 1.20. The van der Waals surface area contributed by atoms with E-state index in [9.17, 15) is 18.8 Å². The highest BCUT2D eigenvalue weighted by Gasteiger charge is 2.19. The fourth-order valence-electron chi connectivity index (χ4n) is 5.06. The van der Waals surface area contributed by atoms with Crippen molar-refractivity contribution in [2.24, 2.45) is 0 Å². The van der Waals surface area contributed by atoms with Gasteiger partial charge in [0.1, 0.15) is 6.67 Å². The lowest BCUT2D eigenvalue weighted by atomic mass is 10.1. The van der Waals surface area contributed by atoms with Crippen LogP contribution in [-0.4, -0.2) is 51.7 Å². The maximum atomic E-state index is 13.7. The molecular formula is C34H34FN5O4S. The Balaban J connectivity index is 1.34. The first-order chi connectivity index (χ1) is 21.9. The number of thioether (sulfide) groups is 1. The molecule has 3 N–H and O–H groups in total. The van der Waals surface area contributed by atoms with Gasteiger partial charge in [-0.3, -0.25) is 14.4 Å². The quantitative estimate of drug-likeness (QED) is 0.146. The molecule has 4 aromatic rings. The highest BCUT2D eigenvalue weighted by Crippen LogP contribution is 2.28. The number of nitrogens with zero attached hydrogens (tertiary/aromatic N) is 3. The van der Waals surface area contributed by atoms with Crippen molar-refractivity contribution in [3.05, 3.63) is 101 Å². The highest BCUT2D eigenvalue weighted by atomic mass is 32.2. The van der Waals surface area contributed by atoms with Crippen LogP contribution in [0, 0.1) is 0 Å². The molecule has 9 nitrogen and oxygen atoms in total. The summed E-state index contributed by atoms with van der Waals surface area (Å²) in [7, 11) is 0. The fraction of sp³-hybridized carbons (Fsp3) is 0.265. The number of aliphatic carboxylic acids is 1. The molecule has 0 aliphatic carbocycles. The third-order valence-electron chi connectivity index (χ3n) is 7.38. The molecule has 1 aliphatic rings. The van der Waals surface area contributed by atoms with Gasteiger partial charge in [-0.25, -0.2) is 14.4 Å². The second kappa shape index (κ2) is 15.3. The van der Waals surface area contributed by atoms with Crippen LogP contribution in [0.1, 0.15) is 57.5 Å². The first kappa shape index (κ1) is 31.6. The molecule has 0 unspecified atom stereocenters. The summed E-state index contributed by atoms with van der Waals surface area (Å²) in [6, 6.07) is 19.5. The minimum absolute atomic E-state index is 0.0771. The maximum absolute atomic E-state index is 13.7. The first-order valence-electron chi connectivity index (χ1n) is 14.8. The topological polar surface area (TPSA) is 125 Å². The zero-order valence-electron chi connectivity index (χ0n) is 24.7. The Morgan fingerprint density at radius 3 is 2.38 bits per heavy atom. The average Bonchev–Trinajstić information content (AvgIpc) is 3.07. The Kier molecular flexibility index (Phi) is 10.8. The molecule has 2 amide bonds. The zero-order chi connectivity index (χ0) is 31.6. The molecule has 0 saturated carbocycles. The molecule has 11 heteroatoms. The van der Waals surface area contributed by atoms with E-state index in [2.05, 4.69) is 25.5 Å². The van der Waals surface area contributed by atoms with Gasteiger partial charge in [-0.05, 0) is 66.8 Å². The summed E-state index contributed by atoms with van der Waals surface area (Å²) in [5, 5.41) is 14.6. The van der Waals surface area contributed by atoms with Crippen LogP contribution >= 0.6 is 11.8 Å². The Morgan fingerprint density at radius 1 is 0.867 bits per heavy atom. The van der Waals surface area contributed by atoms with Gasteiger partial charge in [0.25, 0.3) is 11.8 Å². The molecule has 0 atom stereocenters. The molecule has 0 spiro atoms. The third kappa shape index (κ3) is 8.66. The number of benzene rings is 3. The molecule has 2 heterocycles. The highest BCUT2D eigenvalue weighted by molar-refractivity contribution is 7.98. The van der Waals surface area contributed by atoms with Crippen LogP contribution < -0.4 is 15.5 Å². The number of hydrogen-bond donors (Lipinski definition) is 3. The molecular weight excluding hydrogens is 593 g/mol. The average molecular weight is 628 g/mol. The van der Waals surface area contributed by atoms with Crippen molar-refractivity contribution in [3.8, 4) is 11.4 Å². The van der Waals surface area contributed by atoms with Crippen molar-refractivity contribution < 1.29 is 23.9 Å². The number of carbonyl (C=O) groups excluding carboxylic acids is 2. The SMILES string of the molecule is O=C(O)CCSCc1cccc(C(=O)Nc2ccc(N3CCCCC3)cc2C(=O)Nc2cnc(-c3cccc(CF)c3)nc2)c1. The zero-order valence-corrected chi connectivity index (χ0v) is 25.5. The predicted octanol–water partition coefficient (Wildman–Crippen LogP) is 6.82. The number of halogens is 1. The van der Waals surface area contributed by atoms with Gasteiger partial charge in [0.05, 0.1) is 35.8 Å². The van der Waals surface area contributed by atoms with Gasteiger partial charge in [-0.15, -0.1) is 0 Å². The van der Waals surface area contributed by atoms with Crippen molar-refractivity contribution in [1.29, 1.82) is 0 Å². The van der Waals surface area contributed by atoms with Crippen molar-refractivity contribution in [2.45, 2.75) is 38.1 Å². The fourth-order valence-corrected chi connectivity index (χ4v) is 5.94. The van der Waals surface area contributed by atoms with E-state index in [0.717, 1.165) is 37.2 Å². The Bertz CT molecular complexity index is 1660. The summed E-state index contributed by atoms with van der Waals surface area (Å²) < 4.78 is 13.1. The lowest BCUT2D eigenvalue weighted by molar-refractivity contribution is -0.136. The van der Waals surface area contributed by atoms with Gasteiger partial charge >= 0.3 is 5.97 Å². The number of alkyl halides is 1. The Hall–Kier alpha value is -4.77. The molecule has 3 aromatic carbocycles. The molecule has 1 saturated heterocycles. The predicted molar refractivity (Wildman–Crippen MR) is 176 cm³/mol. The number of nitrogens with one attached hydrogen (secondary N) is 2. The Morgan fingerprint density at radius 2 is 1.62 bits per heavy atom. The molecule has 45 heavy (non-hydrogen) atoms. The number of amides is 2. The molecule has 5 rings (SSSR count). The second-order valence-electron chi connectivity index (χ2n) is 10.7. The Labute approximate surface area is 265 Å². The second-order valence-corrected chi connectivity index (χ2v) is 11.8. The molecule has 1 aromatic heterocycles. The molecule has 232 valence electrons.